The molecule has 2 aliphatic heterocycles. The van der Waals surface area contributed by atoms with E-state index in [0.717, 1.165) is 67.7 Å². The van der Waals surface area contributed by atoms with Gasteiger partial charge < -0.3 is 9.64 Å². The number of carbonyl (C=O) groups excluding carboxylic acids is 1. The van der Waals surface area contributed by atoms with Gasteiger partial charge >= 0.3 is 6.09 Å². The van der Waals surface area contributed by atoms with Crippen LogP contribution >= 0.6 is 0 Å². The molecule has 0 atom stereocenters. The van der Waals surface area contributed by atoms with Gasteiger partial charge in [-0.2, -0.15) is 0 Å². The zero-order valence-corrected chi connectivity index (χ0v) is 19.0. The predicted octanol–water partition coefficient (Wildman–Crippen LogP) is 6.00. The van der Waals surface area contributed by atoms with Gasteiger partial charge in [0.15, 0.2) is 5.60 Å². The molecule has 6 heteroatoms. The molecule has 0 saturated carbocycles. The topological polar surface area (TPSA) is 32.8 Å². The second-order valence-electron chi connectivity index (χ2n) is 8.72. The summed E-state index contributed by atoms with van der Waals surface area (Å²) in [4.78, 5) is 16.3. The standard InChI is InChI=1S/C27H30F2N2O2/c1-3-16-31-20(2)27(33-26(31)32)14-18-30(19-15-27)17-4-5-25(21-6-10-23(28)11-7-21)22-8-12-24(29)13-9-22/h5-13H,2-4,14-19H2,1H3. The van der Waals surface area contributed by atoms with Gasteiger partial charge in [-0.15, -0.1) is 0 Å². The number of hydrogen-bond donors (Lipinski definition) is 0. The summed E-state index contributed by atoms with van der Waals surface area (Å²) in [7, 11) is 0. The van der Waals surface area contributed by atoms with E-state index in [1.165, 1.54) is 24.3 Å². The van der Waals surface area contributed by atoms with Crippen LogP contribution in [0.5, 0.6) is 0 Å². The lowest BCUT2D eigenvalue weighted by Crippen LogP contribution is -2.45. The van der Waals surface area contributed by atoms with E-state index in [1.54, 1.807) is 29.2 Å². The van der Waals surface area contributed by atoms with Crippen molar-refractivity contribution < 1.29 is 18.3 Å². The minimum atomic E-state index is -0.564. The lowest BCUT2D eigenvalue weighted by molar-refractivity contribution is 0.0152. The van der Waals surface area contributed by atoms with Gasteiger partial charge in [0.2, 0.25) is 0 Å². The van der Waals surface area contributed by atoms with Crippen molar-refractivity contribution in [2.45, 2.75) is 38.2 Å². The smallest absolute Gasteiger partial charge is 0.415 e. The molecule has 2 heterocycles. The van der Waals surface area contributed by atoms with E-state index >= 15 is 0 Å². The first-order chi connectivity index (χ1) is 15.9. The van der Waals surface area contributed by atoms with E-state index in [1.807, 2.05) is 6.92 Å². The van der Waals surface area contributed by atoms with Crippen molar-refractivity contribution in [2.75, 3.05) is 26.2 Å². The van der Waals surface area contributed by atoms with Crippen molar-refractivity contribution in [1.82, 2.24) is 9.80 Å². The average Bonchev–Trinajstić information content (AvgIpc) is 3.04. The van der Waals surface area contributed by atoms with Crippen molar-refractivity contribution in [2.24, 2.45) is 0 Å². The largest absolute Gasteiger partial charge is 0.436 e. The summed E-state index contributed by atoms with van der Waals surface area (Å²) in [6.07, 6.45) is 4.99. The van der Waals surface area contributed by atoms with Gasteiger partial charge in [-0.3, -0.25) is 4.90 Å². The van der Waals surface area contributed by atoms with Gasteiger partial charge in [0.1, 0.15) is 11.6 Å². The molecular formula is C27H30F2N2O2. The number of ether oxygens (including phenoxy) is 1. The van der Waals surface area contributed by atoms with Crippen molar-refractivity contribution in [3.8, 4) is 0 Å². The Bertz CT molecular complexity index is 976. The average molecular weight is 453 g/mol. The minimum absolute atomic E-state index is 0.276. The van der Waals surface area contributed by atoms with Crippen LogP contribution in [-0.4, -0.2) is 47.7 Å². The molecule has 0 radical (unpaired) electrons. The second-order valence-corrected chi connectivity index (χ2v) is 8.72. The van der Waals surface area contributed by atoms with Crippen molar-refractivity contribution in [1.29, 1.82) is 0 Å². The third kappa shape index (κ3) is 5.01. The number of halogens is 2. The second kappa shape index (κ2) is 9.87. The number of piperidine rings is 1. The van der Waals surface area contributed by atoms with Crippen LogP contribution in [0.15, 0.2) is 66.9 Å². The lowest BCUT2D eigenvalue weighted by Gasteiger charge is -2.38. The first kappa shape index (κ1) is 23.2. The molecule has 2 fully saturated rings. The van der Waals surface area contributed by atoms with E-state index in [2.05, 4.69) is 17.6 Å². The van der Waals surface area contributed by atoms with E-state index in [-0.39, 0.29) is 17.7 Å². The zero-order chi connectivity index (χ0) is 23.4. The van der Waals surface area contributed by atoms with Crippen LogP contribution in [-0.2, 0) is 4.74 Å². The quantitative estimate of drug-likeness (QED) is 0.517. The zero-order valence-electron chi connectivity index (χ0n) is 19.0. The first-order valence-corrected chi connectivity index (χ1v) is 11.6. The Hall–Kier alpha value is -2.99. The van der Waals surface area contributed by atoms with Crippen molar-refractivity contribution >= 4 is 11.7 Å². The van der Waals surface area contributed by atoms with Gasteiger partial charge in [-0.25, -0.2) is 13.6 Å². The maximum Gasteiger partial charge on any atom is 0.415 e. The van der Waals surface area contributed by atoms with Gasteiger partial charge in [0, 0.05) is 39.0 Å². The van der Waals surface area contributed by atoms with Crippen molar-refractivity contribution in [3.05, 3.63) is 89.6 Å². The monoisotopic (exact) mass is 452 g/mol. The molecule has 33 heavy (non-hydrogen) atoms. The highest BCUT2D eigenvalue weighted by Crippen LogP contribution is 2.40. The summed E-state index contributed by atoms with van der Waals surface area (Å²) in [5.74, 6) is -0.572. The van der Waals surface area contributed by atoms with Crippen LogP contribution in [0.3, 0.4) is 0 Å². The molecule has 4 rings (SSSR count). The molecule has 4 nitrogen and oxygen atoms in total. The number of rotatable bonds is 7. The molecule has 2 aromatic carbocycles. The molecule has 0 unspecified atom stereocenters. The van der Waals surface area contributed by atoms with Crippen LogP contribution in [0.4, 0.5) is 13.6 Å². The van der Waals surface area contributed by atoms with Crippen molar-refractivity contribution in [3.63, 3.8) is 0 Å². The molecule has 2 aliphatic rings. The van der Waals surface area contributed by atoms with Gasteiger partial charge in [-0.1, -0.05) is 43.8 Å². The predicted molar refractivity (Wildman–Crippen MR) is 126 cm³/mol. The van der Waals surface area contributed by atoms with E-state index < -0.39 is 5.60 Å². The summed E-state index contributed by atoms with van der Waals surface area (Å²) in [5.41, 5.74) is 2.98. The molecule has 0 N–H and O–H groups in total. The molecule has 1 amide bonds. The van der Waals surface area contributed by atoms with Crippen LogP contribution in [0.25, 0.3) is 5.57 Å². The van der Waals surface area contributed by atoms with Gasteiger partial charge in [0.05, 0.1) is 5.70 Å². The summed E-state index contributed by atoms with van der Waals surface area (Å²) < 4.78 is 32.6. The van der Waals surface area contributed by atoms with Gasteiger partial charge in [0.25, 0.3) is 0 Å². The molecule has 174 valence electrons. The Labute approximate surface area is 194 Å². The van der Waals surface area contributed by atoms with Crippen LogP contribution in [0.1, 0.15) is 43.7 Å². The molecule has 0 aliphatic carbocycles. The van der Waals surface area contributed by atoms with Crippen LogP contribution < -0.4 is 0 Å². The number of likely N-dealkylation sites (tertiary alicyclic amines) is 1. The third-order valence-electron chi connectivity index (χ3n) is 6.57. The Balaban J connectivity index is 1.41. The molecule has 2 aromatic rings. The summed E-state index contributed by atoms with van der Waals surface area (Å²) in [6, 6.07) is 12.7. The lowest BCUT2D eigenvalue weighted by atomic mass is 9.88. The highest BCUT2D eigenvalue weighted by atomic mass is 19.1. The fourth-order valence-corrected chi connectivity index (χ4v) is 4.67. The van der Waals surface area contributed by atoms with E-state index in [0.29, 0.717) is 6.54 Å². The molecule has 2 saturated heterocycles. The number of nitrogens with zero attached hydrogens (tertiary/aromatic N) is 2. The molecular weight excluding hydrogens is 422 g/mol. The third-order valence-corrected chi connectivity index (χ3v) is 6.57. The Morgan fingerprint density at radius 3 is 2.06 bits per heavy atom. The summed E-state index contributed by atoms with van der Waals surface area (Å²) in [5, 5.41) is 0. The number of carbonyl (C=O) groups is 1. The molecule has 0 bridgehead atoms. The highest BCUT2D eigenvalue weighted by Gasteiger charge is 2.49. The fourth-order valence-electron chi connectivity index (χ4n) is 4.67. The first-order valence-electron chi connectivity index (χ1n) is 11.6. The normalized spacial score (nSPS) is 18.0. The fraction of sp³-hybridized carbons (Fsp3) is 0.370. The van der Waals surface area contributed by atoms with Crippen LogP contribution in [0, 0.1) is 11.6 Å². The molecule has 1 spiro atoms. The Morgan fingerprint density at radius 1 is 1.00 bits per heavy atom. The Morgan fingerprint density at radius 2 is 1.55 bits per heavy atom. The number of amides is 1. The van der Waals surface area contributed by atoms with E-state index in [4.69, 9.17) is 4.74 Å². The molecule has 0 aromatic heterocycles. The summed E-state index contributed by atoms with van der Waals surface area (Å²) in [6.45, 7) is 9.34. The van der Waals surface area contributed by atoms with Gasteiger partial charge in [-0.05, 0) is 53.8 Å². The Kier molecular flexibility index (Phi) is 6.94. The highest BCUT2D eigenvalue weighted by molar-refractivity contribution is 5.79. The number of hydrogen-bond acceptors (Lipinski definition) is 3. The maximum absolute atomic E-state index is 13.4. The van der Waals surface area contributed by atoms with E-state index in [9.17, 15) is 13.6 Å². The summed E-state index contributed by atoms with van der Waals surface area (Å²) >= 11 is 0. The maximum atomic E-state index is 13.4. The number of benzene rings is 2. The SMILES string of the molecule is C=C1N(CCC)C(=O)OC12CCN(CCC=C(c1ccc(F)cc1)c1ccc(F)cc1)CC2. The van der Waals surface area contributed by atoms with Crippen LogP contribution in [0.2, 0.25) is 0 Å². The minimum Gasteiger partial charge on any atom is -0.436 e.